The van der Waals surface area contributed by atoms with E-state index in [2.05, 4.69) is 22.1 Å². The van der Waals surface area contributed by atoms with Gasteiger partial charge in [-0.3, -0.25) is 0 Å². The first-order valence-electron chi connectivity index (χ1n) is 8.86. The maximum atomic E-state index is 5.60. The lowest BCUT2D eigenvalue weighted by Crippen LogP contribution is -2.42. The van der Waals surface area contributed by atoms with Crippen molar-refractivity contribution in [3.8, 4) is 5.88 Å². The van der Waals surface area contributed by atoms with Crippen LogP contribution in [0, 0.1) is 5.41 Å². The molecular formula is C18H28N4O. The lowest BCUT2D eigenvalue weighted by molar-refractivity contribution is 0.151. The van der Waals surface area contributed by atoms with Gasteiger partial charge >= 0.3 is 0 Å². The highest BCUT2D eigenvalue weighted by Gasteiger charge is 2.43. The Morgan fingerprint density at radius 2 is 2.26 bits per heavy atom. The topological polar surface area (TPSA) is 49.8 Å². The lowest BCUT2D eigenvalue weighted by atomic mass is 9.68. The molecule has 2 fully saturated rings. The van der Waals surface area contributed by atoms with Crippen LogP contribution in [0.1, 0.15) is 45.1 Å². The maximum absolute atomic E-state index is 5.60. The summed E-state index contributed by atoms with van der Waals surface area (Å²) in [7, 11) is 0. The van der Waals surface area contributed by atoms with Crippen LogP contribution in [0.15, 0.2) is 23.3 Å². The lowest BCUT2D eigenvalue weighted by Gasteiger charge is -2.38. The Hall–Kier alpha value is -1.78. The molecule has 0 radical (unpaired) electrons. The Bertz CT molecular complexity index is 554. The summed E-state index contributed by atoms with van der Waals surface area (Å²) >= 11 is 0. The van der Waals surface area contributed by atoms with Crippen LogP contribution >= 0.6 is 0 Å². The summed E-state index contributed by atoms with van der Waals surface area (Å²) < 4.78 is 5.60. The van der Waals surface area contributed by atoms with Gasteiger partial charge in [0.2, 0.25) is 5.88 Å². The van der Waals surface area contributed by atoms with Crippen molar-refractivity contribution in [2.45, 2.75) is 46.1 Å². The number of ether oxygens (including phenoxy) is 1. The molecule has 1 saturated carbocycles. The highest BCUT2D eigenvalue weighted by molar-refractivity contribution is 5.80. The Balaban J connectivity index is 1.70. The monoisotopic (exact) mass is 316 g/mol. The fraction of sp³-hybridized carbons (Fsp3) is 0.667. The second-order valence-corrected chi connectivity index (χ2v) is 6.60. The van der Waals surface area contributed by atoms with Gasteiger partial charge in [0.25, 0.3) is 0 Å². The molecule has 1 aromatic heterocycles. The average molecular weight is 316 g/mol. The minimum Gasteiger partial charge on any atom is -0.478 e. The second-order valence-electron chi connectivity index (χ2n) is 6.60. The minimum atomic E-state index is 0.584. The van der Waals surface area contributed by atoms with E-state index in [-0.39, 0.29) is 0 Å². The van der Waals surface area contributed by atoms with Crippen molar-refractivity contribution in [1.29, 1.82) is 0 Å². The predicted molar refractivity (Wildman–Crippen MR) is 92.7 cm³/mol. The number of likely N-dealkylation sites (tertiary alicyclic amines) is 1. The normalized spacial score (nSPS) is 19.7. The largest absolute Gasteiger partial charge is 0.478 e. The summed E-state index contributed by atoms with van der Waals surface area (Å²) in [5.74, 6) is 1.73. The zero-order chi connectivity index (χ0) is 16.1. The highest BCUT2D eigenvalue weighted by Crippen LogP contribution is 2.47. The van der Waals surface area contributed by atoms with Crippen LogP contribution in [0.25, 0.3) is 0 Å². The van der Waals surface area contributed by atoms with Crippen LogP contribution in [0.2, 0.25) is 0 Å². The van der Waals surface area contributed by atoms with Crippen LogP contribution in [0.3, 0.4) is 0 Å². The molecule has 1 N–H and O–H groups in total. The average Bonchev–Trinajstić information content (AvgIpc) is 2.99. The molecule has 2 aliphatic rings. The van der Waals surface area contributed by atoms with E-state index in [0.717, 1.165) is 31.2 Å². The summed E-state index contributed by atoms with van der Waals surface area (Å²) in [6.07, 6.45) is 7.26. The zero-order valence-electron chi connectivity index (χ0n) is 14.3. The van der Waals surface area contributed by atoms with Gasteiger partial charge in [0.15, 0.2) is 5.96 Å². The Morgan fingerprint density at radius 3 is 2.91 bits per heavy atom. The third-order valence-corrected chi connectivity index (χ3v) is 5.02. The first-order valence-corrected chi connectivity index (χ1v) is 8.86. The summed E-state index contributed by atoms with van der Waals surface area (Å²) in [5.41, 5.74) is 1.63. The van der Waals surface area contributed by atoms with Crippen LogP contribution in [-0.2, 0) is 6.54 Å². The number of nitrogens with one attached hydrogen (secondary N) is 1. The van der Waals surface area contributed by atoms with E-state index in [0.29, 0.717) is 24.4 Å². The predicted octanol–water partition coefficient (Wildman–Crippen LogP) is 2.82. The highest BCUT2D eigenvalue weighted by atomic mass is 16.5. The molecule has 5 heteroatoms. The van der Waals surface area contributed by atoms with Crippen molar-refractivity contribution >= 4 is 5.96 Å². The van der Waals surface area contributed by atoms with Crippen molar-refractivity contribution in [3.05, 3.63) is 23.9 Å². The minimum absolute atomic E-state index is 0.584. The van der Waals surface area contributed by atoms with Crippen LogP contribution in [-0.4, -0.2) is 42.1 Å². The van der Waals surface area contributed by atoms with Gasteiger partial charge in [0.1, 0.15) is 0 Å². The number of nitrogens with zero attached hydrogens (tertiary/aromatic N) is 3. The molecule has 2 heterocycles. The number of pyridine rings is 1. The SMILES string of the molecule is CCNC(=NCc1cccnc1OCC)N1CCC2(CCC2)C1. The number of guanidine groups is 1. The van der Waals surface area contributed by atoms with Crippen molar-refractivity contribution in [2.75, 3.05) is 26.2 Å². The van der Waals surface area contributed by atoms with Gasteiger partial charge in [-0.05, 0) is 44.6 Å². The van der Waals surface area contributed by atoms with Gasteiger partial charge in [-0.15, -0.1) is 0 Å². The van der Waals surface area contributed by atoms with Crippen molar-refractivity contribution in [2.24, 2.45) is 10.4 Å². The van der Waals surface area contributed by atoms with Gasteiger partial charge in [0.05, 0.1) is 13.2 Å². The number of aliphatic imine (C=N–C) groups is 1. The standard InChI is InChI=1S/C18H28N4O/c1-3-19-17(22-12-10-18(14-22)8-6-9-18)21-13-15-7-5-11-20-16(15)23-4-2/h5,7,11H,3-4,6,8-10,12-14H2,1-2H3,(H,19,21). The van der Waals surface area contributed by atoms with Crippen LogP contribution < -0.4 is 10.1 Å². The molecule has 1 saturated heterocycles. The molecule has 1 aromatic rings. The summed E-state index contributed by atoms with van der Waals surface area (Å²) in [5, 5.41) is 3.45. The molecule has 1 aliphatic carbocycles. The van der Waals surface area contributed by atoms with Gasteiger partial charge in [-0.25, -0.2) is 9.98 Å². The van der Waals surface area contributed by atoms with E-state index >= 15 is 0 Å². The van der Waals surface area contributed by atoms with E-state index in [9.17, 15) is 0 Å². The van der Waals surface area contributed by atoms with Gasteiger partial charge in [-0.2, -0.15) is 0 Å². The summed E-state index contributed by atoms with van der Waals surface area (Å²) in [4.78, 5) is 11.6. The molecule has 1 aliphatic heterocycles. The second kappa shape index (κ2) is 7.20. The number of rotatable bonds is 5. The van der Waals surface area contributed by atoms with Crippen LogP contribution in [0.5, 0.6) is 5.88 Å². The molecule has 5 nitrogen and oxygen atoms in total. The third-order valence-electron chi connectivity index (χ3n) is 5.02. The van der Waals surface area contributed by atoms with Crippen molar-refractivity contribution in [1.82, 2.24) is 15.2 Å². The maximum Gasteiger partial charge on any atom is 0.218 e. The summed E-state index contributed by atoms with van der Waals surface area (Å²) in [6, 6.07) is 3.99. The molecule has 0 atom stereocenters. The van der Waals surface area contributed by atoms with Gasteiger partial charge < -0.3 is 15.0 Å². The van der Waals surface area contributed by atoms with Crippen LogP contribution in [0.4, 0.5) is 0 Å². The smallest absolute Gasteiger partial charge is 0.218 e. The molecule has 0 amide bonds. The van der Waals surface area contributed by atoms with E-state index in [1.165, 1.54) is 25.7 Å². The fourth-order valence-corrected chi connectivity index (χ4v) is 3.60. The quantitative estimate of drug-likeness (QED) is 0.670. The molecule has 0 aromatic carbocycles. The Morgan fingerprint density at radius 1 is 1.39 bits per heavy atom. The van der Waals surface area contributed by atoms with Gasteiger partial charge in [-0.1, -0.05) is 12.5 Å². The van der Waals surface area contributed by atoms with Crippen molar-refractivity contribution in [3.63, 3.8) is 0 Å². The van der Waals surface area contributed by atoms with Crippen molar-refractivity contribution < 1.29 is 4.74 Å². The molecule has 126 valence electrons. The van der Waals surface area contributed by atoms with E-state index < -0.39 is 0 Å². The summed E-state index contributed by atoms with van der Waals surface area (Å²) in [6.45, 7) is 8.51. The fourth-order valence-electron chi connectivity index (χ4n) is 3.60. The van der Waals surface area contributed by atoms with E-state index in [1.54, 1.807) is 6.20 Å². The zero-order valence-corrected chi connectivity index (χ0v) is 14.3. The Labute approximate surface area is 139 Å². The number of aromatic nitrogens is 1. The first-order chi connectivity index (χ1) is 11.3. The third kappa shape index (κ3) is 3.59. The Kier molecular flexibility index (Phi) is 5.03. The molecule has 1 spiro atoms. The van der Waals surface area contributed by atoms with E-state index in [4.69, 9.17) is 9.73 Å². The number of hydrogen-bond acceptors (Lipinski definition) is 3. The number of hydrogen-bond donors (Lipinski definition) is 1. The molecular weight excluding hydrogens is 288 g/mol. The molecule has 0 bridgehead atoms. The molecule has 0 unspecified atom stereocenters. The first kappa shape index (κ1) is 16.1. The molecule has 23 heavy (non-hydrogen) atoms. The molecule has 3 rings (SSSR count). The van der Waals surface area contributed by atoms with Gasteiger partial charge in [0, 0.05) is 31.4 Å². The van der Waals surface area contributed by atoms with E-state index in [1.807, 2.05) is 19.1 Å².